The molecule has 0 bridgehead atoms. The van der Waals surface area contributed by atoms with Crippen LogP contribution in [0, 0.1) is 0 Å². The summed E-state index contributed by atoms with van der Waals surface area (Å²) in [5, 5.41) is 15.3. The van der Waals surface area contributed by atoms with Crippen LogP contribution in [0.3, 0.4) is 0 Å². The fourth-order valence-electron chi connectivity index (χ4n) is 5.00. The predicted octanol–water partition coefficient (Wildman–Crippen LogP) is 5.99. The summed E-state index contributed by atoms with van der Waals surface area (Å²) in [5.41, 5.74) is 2.68. The van der Waals surface area contributed by atoms with Gasteiger partial charge in [-0.25, -0.2) is 4.98 Å². The molecule has 7 nitrogen and oxygen atoms in total. The van der Waals surface area contributed by atoms with Crippen LogP contribution in [0.2, 0.25) is 0 Å². The van der Waals surface area contributed by atoms with Crippen molar-refractivity contribution in [2.24, 2.45) is 0 Å². The van der Waals surface area contributed by atoms with Crippen LogP contribution in [0.1, 0.15) is 41.5 Å². The lowest BCUT2D eigenvalue weighted by Crippen LogP contribution is -2.34. The number of benzene rings is 2. The number of rotatable bonds is 6. The Morgan fingerprint density at radius 1 is 1.02 bits per heavy atom. The summed E-state index contributed by atoms with van der Waals surface area (Å²) in [6, 6.07) is 13.7. The van der Waals surface area contributed by atoms with Gasteiger partial charge in [-0.15, -0.1) is 12.4 Å². The molecule has 2 aliphatic rings. The van der Waals surface area contributed by atoms with Crippen molar-refractivity contribution in [1.82, 2.24) is 4.98 Å². The van der Waals surface area contributed by atoms with Crippen LogP contribution in [0.25, 0.3) is 5.57 Å². The zero-order valence-electron chi connectivity index (χ0n) is 22.5. The Balaban J connectivity index is 0.00000405. The van der Waals surface area contributed by atoms with Crippen molar-refractivity contribution in [2.45, 2.75) is 38.0 Å². The van der Waals surface area contributed by atoms with E-state index < -0.39 is 29.7 Å². The second-order valence-corrected chi connectivity index (χ2v) is 10.00. The molecular weight excluding hydrogens is 569 g/mol. The molecule has 42 heavy (non-hydrogen) atoms. The van der Waals surface area contributed by atoms with Crippen LogP contribution >= 0.6 is 12.4 Å². The number of pyridine rings is 1. The summed E-state index contributed by atoms with van der Waals surface area (Å²) in [6.07, 6.45) is 3.99. The number of nitrogens with zero attached hydrogens (tertiary/aromatic N) is 2. The first-order chi connectivity index (χ1) is 19.7. The topological polar surface area (TPSA) is 94.6 Å². The molecule has 0 aliphatic carbocycles. The van der Waals surface area contributed by atoms with E-state index >= 15 is 0 Å². The number of halogens is 4. The van der Waals surface area contributed by atoms with Gasteiger partial charge in [-0.2, -0.15) is 13.2 Å². The van der Waals surface area contributed by atoms with Crippen molar-refractivity contribution in [1.29, 1.82) is 0 Å². The fraction of sp³-hybridized carbons (Fsp3) is 0.258. The number of amides is 2. The number of hydrogen-bond acceptors (Lipinski definition) is 5. The standard InChI is InChI=1S/C31H29F3N4O3.ClH/c32-31(33,34)22-13-10-20(11-14-22)23(21-12-15-28(35-19-21)38-16-2-1-3-17-38)6-4-9-29(40)36-25-7-5-8-26-24(25)18-27(39)30(41)37-26;/h4-15,19,27,39H,1-3,16-18H2,(H,36,40)(H,37,41);1H/b9-4+,23-6+;. The minimum absolute atomic E-state index is 0. The van der Waals surface area contributed by atoms with Gasteiger partial charge < -0.3 is 20.6 Å². The highest BCUT2D eigenvalue weighted by atomic mass is 35.5. The van der Waals surface area contributed by atoms with Gasteiger partial charge in [-0.05, 0) is 66.8 Å². The number of alkyl halides is 3. The molecule has 2 aromatic carbocycles. The van der Waals surface area contributed by atoms with E-state index in [2.05, 4.69) is 20.5 Å². The van der Waals surface area contributed by atoms with Gasteiger partial charge in [0.05, 0.1) is 5.56 Å². The third-order valence-corrected chi connectivity index (χ3v) is 7.16. The molecule has 0 radical (unpaired) electrons. The molecule has 1 saturated heterocycles. The number of carbonyl (C=O) groups is 2. The second-order valence-electron chi connectivity index (χ2n) is 10.00. The van der Waals surface area contributed by atoms with Gasteiger partial charge in [0.1, 0.15) is 11.9 Å². The van der Waals surface area contributed by atoms with Crippen LogP contribution in [-0.2, 0) is 22.2 Å². The van der Waals surface area contributed by atoms with E-state index in [0.717, 1.165) is 43.9 Å². The number of allylic oxidation sites excluding steroid dienone is 2. The van der Waals surface area contributed by atoms with Gasteiger partial charge in [-0.1, -0.05) is 30.4 Å². The number of nitrogens with one attached hydrogen (secondary N) is 2. The summed E-state index contributed by atoms with van der Waals surface area (Å²) in [5.74, 6) is -0.103. The Morgan fingerprint density at radius 2 is 1.74 bits per heavy atom. The van der Waals surface area contributed by atoms with E-state index in [4.69, 9.17) is 0 Å². The molecule has 220 valence electrons. The number of aliphatic hydroxyl groups excluding tert-OH is 1. The number of piperidine rings is 1. The number of aromatic nitrogens is 1. The van der Waals surface area contributed by atoms with Gasteiger partial charge in [0, 0.05) is 54.3 Å². The van der Waals surface area contributed by atoms with E-state index in [1.807, 2.05) is 12.1 Å². The monoisotopic (exact) mass is 598 g/mol. The van der Waals surface area contributed by atoms with Crippen LogP contribution in [-0.4, -0.2) is 41.1 Å². The fourth-order valence-corrected chi connectivity index (χ4v) is 5.00. The smallest absolute Gasteiger partial charge is 0.383 e. The van der Waals surface area contributed by atoms with Crippen LogP contribution in [0.5, 0.6) is 0 Å². The lowest BCUT2D eigenvalue weighted by atomic mass is 9.97. The highest BCUT2D eigenvalue weighted by Gasteiger charge is 2.30. The number of aliphatic hydroxyl groups is 1. The average Bonchev–Trinajstić information content (AvgIpc) is 2.97. The molecule has 3 aromatic rings. The first-order valence-corrected chi connectivity index (χ1v) is 13.4. The summed E-state index contributed by atoms with van der Waals surface area (Å²) in [4.78, 5) is 31.3. The van der Waals surface area contributed by atoms with Crippen molar-refractivity contribution in [2.75, 3.05) is 28.6 Å². The lowest BCUT2D eigenvalue weighted by Gasteiger charge is -2.27. The molecule has 11 heteroatoms. The van der Waals surface area contributed by atoms with Crippen LogP contribution < -0.4 is 15.5 Å². The maximum Gasteiger partial charge on any atom is 0.416 e. The highest BCUT2D eigenvalue weighted by molar-refractivity contribution is 6.03. The van der Waals surface area contributed by atoms with Crippen molar-refractivity contribution < 1.29 is 27.9 Å². The third kappa shape index (κ3) is 7.18. The van der Waals surface area contributed by atoms with E-state index in [1.54, 1.807) is 30.5 Å². The minimum Gasteiger partial charge on any atom is -0.383 e. The van der Waals surface area contributed by atoms with Crippen molar-refractivity contribution in [3.8, 4) is 0 Å². The lowest BCUT2D eigenvalue weighted by molar-refractivity contribution is -0.137. The Labute approximate surface area is 247 Å². The van der Waals surface area contributed by atoms with E-state index in [0.29, 0.717) is 33.6 Å². The summed E-state index contributed by atoms with van der Waals surface area (Å²) >= 11 is 0. The largest absolute Gasteiger partial charge is 0.416 e. The molecule has 1 fully saturated rings. The molecule has 0 saturated carbocycles. The molecule has 0 spiro atoms. The Kier molecular flexibility index (Phi) is 9.70. The van der Waals surface area contributed by atoms with E-state index in [1.165, 1.54) is 30.7 Å². The molecule has 3 N–H and O–H groups in total. The van der Waals surface area contributed by atoms with Crippen molar-refractivity contribution >= 4 is 47.0 Å². The summed E-state index contributed by atoms with van der Waals surface area (Å²) in [6.45, 7) is 1.86. The zero-order valence-corrected chi connectivity index (χ0v) is 23.3. The number of carbonyl (C=O) groups excluding carboxylic acids is 2. The molecule has 3 heterocycles. The van der Waals surface area contributed by atoms with Crippen molar-refractivity contribution in [3.05, 3.63) is 101 Å². The number of hydrogen-bond donors (Lipinski definition) is 3. The van der Waals surface area contributed by atoms with E-state index in [9.17, 15) is 27.9 Å². The summed E-state index contributed by atoms with van der Waals surface area (Å²) < 4.78 is 39.5. The minimum atomic E-state index is -4.45. The highest BCUT2D eigenvalue weighted by Crippen LogP contribution is 2.32. The Morgan fingerprint density at radius 3 is 2.40 bits per heavy atom. The first-order valence-electron chi connectivity index (χ1n) is 13.4. The molecule has 1 atom stereocenters. The maximum absolute atomic E-state index is 13.2. The number of anilines is 3. The second kappa shape index (κ2) is 13.2. The molecule has 2 aliphatic heterocycles. The molecule has 1 aromatic heterocycles. The average molecular weight is 599 g/mol. The van der Waals surface area contributed by atoms with Gasteiger partial charge in [0.2, 0.25) is 5.91 Å². The maximum atomic E-state index is 13.2. The third-order valence-electron chi connectivity index (χ3n) is 7.16. The van der Waals surface area contributed by atoms with Gasteiger partial charge >= 0.3 is 6.18 Å². The first kappa shape index (κ1) is 30.8. The predicted molar refractivity (Wildman–Crippen MR) is 159 cm³/mol. The normalized spacial score (nSPS) is 17.3. The van der Waals surface area contributed by atoms with Gasteiger partial charge in [0.25, 0.3) is 5.91 Å². The van der Waals surface area contributed by atoms with E-state index in [-0.39, 0.29) is 18.8 Å². The Bertz CT molecular complexity index is 1480. The SMILES string of the molecule is Cl.O=C(/C=C/C=C(\c1ccc(C(F)(F)F)cc1)c1ccc(N2CCCCC2)nc1)Nc1cccc2c1CC(O)C(=O)N2. The number of fused-ring (bicyclic) bond motifs is 1. The van der Waals surface area contributed by atoms with Crippen LogP contribution in [0.4, 0.5) is 30.4 Å². The van der Waals surface area contributed by atoms with Gasteiger partial charge in [-0.3, -0.25) is 9.59 Å². The Hall–Kier alpha value is -4.15. The van der Waals surface area contributed by atoms with Crippen molar-refractivity contribution in [3.63, 3.8) is 0 Å². The summed E-state index contributed by atoms with van der Waals surface area (Å²) in [7, 11) is 0. The zero-order chi connectivity index (χ0) is 29.0. The van der Waals surface area contributed by atoms with Gasteiger partial charge in [0.15, 0.2) is 0 Å². The quantitative estimate of drug-likeness (QED) is 0.239. The molecule has 2 amide bonds. The molecule has 1 unspecified atom stereocenters. The van der Waals surface area contributed by atoms with Crippen LogP contribution in [0.15, 0.2) is 79.0 Å². The molecule has 5 rings (SSSR count). The molecular formula is C31H30ClF3N4O3.